The Balaban J connectivity index is 2.01. The van der Waals surface area contributed by atoms with Crippen molar-refractivity contribution >= 4 is 83.7 Å². The first kappa shape index (κ1) is 15.9. The van der Waals surface area contributed by atoms with Crippen molar-refractivity contribution < 1.29 is 4.79 Å². The van der Waals surface area contributed by atoms with Gasteiger partial charge in [-0.3, -0.25) is 10.1 Å². The Morgan fingerprint density at radius 1 is 1.30 bits per heavy atom. The zero-order chi connectivity index (χ0) is 14.7. The molecule has 1 aromatic heterocycles. The van der Waals surface area contributed by atoms with E-state index in [0.29, 0.717) is 15.6 Å². The Bertz CT molecular complexity index is 656. The number of rotatable bonds is 2. The number of halogens is 3. The van der Waals surface area contributed by atoms with Crippen LogP contribution in [-0.2, 0) is 0 Å². The summed E-state index contributed by atoms with van der Waals surface area (Å²) in [6.07, 6.45) is 0. The highest BCUT2D eigenvalue weighted by atomic mass is 79.9. The molecule has 1 amide bonds. The van der Waals surface area contributed by atoms with E-state index in [0.717, 1.165) is 8.26 Å². The minimum atomic E-state index is -0.272. The zero-order valence-corrected chi connectivity index (χ0v) is 15.3. The SMILES string of the molecule is O=C(NC(=S)Nc1ccccc1Cl)c1cc(Br)c(Br)s1. The van der Waals surface area contributed by atoms with Crippen molar-refractivity contribution in [2.75, 3.05) is 5.32 Å². The lowest BCUT2D eigenvalue weighted by molar-refractivity contribution is 0.0981. The van der Waals surface area contributed by atoms with Gasteiger partial charge in [0.1, 0.15) is 0 Å². The molecule has 0 atom stereocenters. The van der Waals surface area contributed by atoms with Crippen LogP contribution in [0.5, 0.6) is 0 Å². The third kappa shape index (κ3) is 4.02. The fourth-order valence-corrected chi connectivity index (χ4v) is 3.66. The van der Waals surface area contributed by atoms with E-state index >= 15 is 0 Å². The van der Waals surface area contributed by atoms with Crippen LogP contribution in [0.25, 0.3) is 0 Å². The van der Waals surface area contributed by atoms with Crippen LogP contribution in [0.15, 0.2) is 38.6 Å². The second-order valence-electron chi connectivity index (χ2n) is 3.62. The maximum atomic E-state index is 12.0. The largest absolute Gasteiger partial charge is 0.331 e. The van der Waals surface area contributed by atoms with E-state index in [4.69, 9.17) is 23.8 Å². The molecule has 0 saturated heterocycles. The number of thiophene rings is 1. The summed E-state index contributed by atoms with van der Waals surface area (Å²) in [7, 11) is 0. The third-order valence-corrected chi connectivity index (χ3v) is 6.01. The molecule has 0 unspecified atom stereocenters. The van der Waals surface area contributed by atoms with Crippen molar-refractivity contribution in [3.8, 4) is 0 Å². The van der Waals surface area contributed by atoms with E-state index in [1.54, 1.807) is 18.2 Å². The first-order valence-electron chi connectivity index (χ1n) is 5.29. The van der Waals surface area contributed by atoms with Crippen LogP contribution in [0.3, 0.4) is 0 Å². The maximum absolute atomic E-state index is 12.0. The van der Waals surface area contributed by atoms with Crippen LogP contribution in [0, 0.1) is 0 Å². The van der Waals surface area contributed by atoms with Crippen LogP contribution >= 0.6 is 67.0 Å². The summed E-state index contributed by atoms with van der Waals surface area (Å²) in [6.45, 7) is 0. The predicted molar refractivity (Wildman–Crippen MR) is 94.9 cm³/mol. The average Bonchev–Trinajstić information content (AvgIpc) is 2.72. The highest BCUT2D eigenvalue weighted by Crippen LogP contribution is 2.32. The summed E-state index contributed by atoms with van der Waals surface area (Å²) in [6, 6.07) is 8.88. The molecule has 1 heterocycles. The molecule has 0 fully saturated rings. The summed E-state index contributed by atoms with van der Waals surface area (Å²) in [5.41, 5.74) is 0.646. The van der Waals surface area contributed by atoms with Crippen LogP contribution in [0.2, 0.25) is 5.02 Å². The number of hydrogen-bond acceptors (Lipinski definition) is 3. The smallest absolute Gasteiger partial charge is 0.267 e. The molecular weight excluding hydrogens is 448 g/mol. The van der Waals surface area contributed by atoms with E-state index in [-0.39, 0.29) is 11.0 Å². The normalized spacial score (nSPS) is 10.2. The molecular formula is C12H7Br2ClN2OS2. The summed E-state index contributed by atoms with van der Waals surface area (Å²) in [4.78, 5) is 12.5. The lowest BCUT2D eigenvalue weighted by Crippen LogP contribution is -2.33. The Morgan fingerprint density at radius 3 is 2.60 bits per heavy atom. The van der Waals surface area contributed by atoms with Crippen molar-refractivity contribution in [1.82, 2.24) is 5.32 Å². The molecule has 20 heavy (non-hydrogen) atoms. The Hall–Kier alpha value is -0.470. The number of para-hydroxylation sites is 1. The van der Waals surface area contributed by atoms with Crippen LogP contribution in [0.4, 0.5) is 5.69 Å². The van der Waals surface area contributed by atoms with Gasteiger partial charge in [-0.1, -0.05) is 23.7 Å². The fourth-order valence-electron chi connectivity index (χ4n) is 1.34. The van der Waals surface area contributed by atoms with Gasteiger partial charge in [0.2, 0.25) is 0 Å². The predicted octanol–water partition coefficient (Wildman–Crippen LogP) is 5.05. The van der Waals surface area contributed by atoms with Crippen LogP contribution in [0.1, 0.15) is 9.67 Å². The summed E-state index contributed by atoms with van der Waals surface area (Å²) >= 11 is 19.1. The van der Waals surface area contributed by atoms with Gasteiger partial charge in [-0.15, -0.1) is 11.3 Å². The number of thiocarbonyl (C=S) groups is 1. The molecule has 0 saturated carbocycles. The second kappa shape index (κ2) is 7.00. The van der Waals surface area contributed by atoms with Crippen LogP contribution < -0.4 is 10.6 Å². The number of nitrogens with one attached hydrogen (secondary N) is 2. The zero-order valence-electron chi connectivity index (χ0n) is 9.75. The Morgan fingerprint density at radius 2 is 2.00 bits per heavy atom. The minimum absolute atomic E-state index is 0.198. The Labute approximate surface area is 147 Å². The molecule has 104 valence electrons. The van der Waals surface area contributed by atoms with Gasteiger partial charge in [0.25, 0.3) is 5.91 Å². The fraction of sp³-hybridized carbons (Fsp3) is 0. The van der Waals surface area contributed by atoms with Gasteiger partial charge in [-0.05, 0) is 62.3 Å². The van der Waals surface area contributed by atoms with E-state index in [1.807, 2.05) is 12.1 Å². The molecule has 0 aliphatic rings. The summed E-state index contributed by atoms with van der Waals surface area (Å²) < 4.78 is 1.69. The molecule has 0 spiro atoms. The monoisotopic (exact) mass is 452 g/mol. The van der Waals surface area contributed by atoms with Gasteiger partial charge in [0.15, 0.2) is 5.11 Å². The lowest BCUT2D eigenvalue weighted by atomic mass is 10.3. The van der Waals surface area contributed by atoms with E-state index < -0.39 is 0 Å². The highest BCUT2D eigenvalue weighted by molar-refractivity contribution is 9.13. The van der Waals surface area contributed by atoms with Gasteiger partial charge in [0, 0.05) is 4.47 Å². The number of carbonyl (C=O) groups excluding carboxylic acids is 1. The maximum Gasteiger partial charge on any atom is 0.267 e. The van der Waals surface area contributed by atoms with E-state index in [2.05, 4.69) is 42.5 Å². The van der Waals surface area contributed by atoms with Gasteiger partial charge in [-0.25, -0.2) is 0 Å². The molecule has 3 nitrogen and oxygen atoms in total. The first-order valence-corrected chi connectivity index (χ1v) is 8.48. The lowest BCUT2D eigenvalue weighted by Gasteiger charge is -2.09. The summed E-state index contributed by atoms with van der Waals surface area (Å²) in [5, 5.41) is 6.22. The highest BCUT2D eigenvalue weighted by Gasteiger charge is 2.13. The standard InChI is InChI=1S/C12H7Br2ClN2OS2/c13-6-5-9(20-10(6)14)11(18)17-12(19)16-8-4-2-1-3-7(8)15/h1-5H,(H2,16,17,18,19). The van der Waals surface area contributed by atoms with Gasteiger partial charge in [0.05, 0.1) is 19.4 Å². The van der Waals surface area contributed by atoms with Crippen molar-refractivity contribution in [3.63, 3.8) is 0 Å². The molecule has 0 aliphatic carbocycles. The molecule has 8 heteroatoms. The molecule has 2 rings (SSSR count). The molecule has 0 radical (unpaired) electrons. The van der Waals surface area contributed by atoms with E-state index in [9.17, 15) is 4.79 Å². The van der Waals surface area contributed by atoms with Gasteiger partial charge < -0.3 is 5.32 Å². The number of carbonyl (C=O) groups is 1. The molecule has 0 bridgehead atoms. The molecule has 0 aliphatic heterocycles. The summed E-state index contributed by atoms with van der Waals surface area (Å²) in [5.74, 6) is -0.272. The Kier molecular flexibility index (Phi) is 5.57. The number of anilines is 1. The number of hydrogen-bond donors (Lipinski definition) is 2. The molecule has 1 aromatic carbocycles. The van der Waals surface area contributed by atoms with Crippen LogP contribution in [-0.4, -0.2) is 11.0 Å². The quantitative estimate of drug-likeness (QED) is 0.624. The minimum Gasteiger partial charge on any atom is -0.331 e. The third-order valence-electron chi connectivity index (χ3n) is 2.22. The van der Waals surface area contributed by atoms with Gasteiger partial charge in [-0.2, -0.15) is 0 Å². The average molecular weight is 455 g/mol. The first-order chi connectivity index (χ1) is 9.47. The molecule has 2 N–H and O–H groups in total. The van der Waals surface area contributed by atoms with Crippen molar-refractivity contribution in [1.29, 1.82) is 0 Å². The molecule has 2 aromatic rings. The van der Waals surface area contributed by atoms with Crippen molar-refractivity contribution in [2.24, 2.45) is 0 Å². The topological polar surface area (TPSA) is 41.1 Å². The van der Waals surface area contributed by atoms with Gasteiger partial charge >= 0.3 is 0 Å². The van der Waals surface area contributed by atoms with Crippen molar-refractivity contribution in [3.05, 3.63) is 48.5 Å². The second-order valence-corrected chi connectivity index (χ2v) is 7.66. The van der Waals surface area contributed by atoms with Crippen molar-refractivity contribution in [2.45, 2.75) is 0 Å². The number of benzene rings is 1. The van der Waals surface area contributed by atoms with E-state index in [1.165, 1.54) is 11.3 Å². The number of amides is 1.